The molecule has 38 heavy (non-hydrogen) atoms. The van der Waals surface area contributed by atoms with Gasteiger partial charge in [0.05, 0.1) is 11.6 Å². The van der Waals surface area contributed by atoms with Gasteiger partial charge in [-0.15, -0.1) is 13.2 Å². The standard InChI is InChI=1S/C28H30F3NO6/c1-16-23(14-18-5-4-6-21(13-18)37-17(2)27(34)35)24-15-22(38-28(29,30)31)11-12-25(24)32(16)26(33)19-7-9-20(36-3)10-8-19/h4-6,11-13,15,17,19-20H,7-10,14H2,1-3H3,(H,34,35). The van der Waals surface area contributed by atoms with Gasteiger partial charge < -0.3 is 19.3 Å². The first-order chi connectivity index (χ1) is 18.0. The number of fused-ring (bicyclic) bond motifs is 1. The number of hydrogen-bond acceptors (Lipinski definition) is 5. The van der Waals surface area contributed by atoms with Crippen LogP contribution in [0.25, 0.3) is 10.9 Å². The van der Waals surface area contributed by atoms with E-state index in [2.05, 4.69) is 4.74 Å². The number of hydrogen-bond donors (Lipinski definition) is 1. The van der Waals surface area contributed by atoms with Crippen molar-refractivity contribution in [3.05, 3.63) is 59.3 Å². The van der Waals surface area contributed by atoms with E-state index in [1.807, 2.05) is 6.07 Å². The van der Waals surface area contributed by atoms with Gasteiger partial charge in [-0.25, -0.2) is 4.79 Å². The maximum Gasteiger partial charge on any atom is 0.573 e. The zero-order chi connectivity index (χ0) is 27.6. The van der Waals surface area contributed by atoms with Crippen LogP contribution in [0, 0.1) is 12.8 Å². The van der Waals surface area contributed by atoms with Gasteiger partial charge in [0.1, 0.15) is 11.5 Å². The van der Waals surface area contributed by atoms with Crippen LogP contribution >= 0.6 is 0 Å². The molecule has 1 heterocycles. The molecule has 0 amide bonds. The van der Waals surface area contributed by atoms with Gasteiger partial charge in [0.2, 0.25) is 5.91 Å². The molecule has 1 fully saturated rings. The summed E-state index contributed by atoms with van der Waals surface area (Å²) in [6.45, 7) is 3.20. The summed E-state index contributed by atoms with van der Waals surface area (Å²) in [4.78, 5) is 24.9. The summed E-state index contributed by atoms with van der Waals surface area (Å²) in [7, 11) is 1.66. The van der Waals surface area contributed by atoms with E-state index in [-0.39, 0.29) is 30.1 Å². The van der Waals surface area contributed by atoms with Crippen molar-refractivity contribution in [2.24, 2.45) is 5.92 Å². The lowest BCUT2D eigenvalue weighted by Crippen LogP contribution is -2.29. The second-order valence-corrected chi connectivity index (χ2v) is 9.60. The predicted octanol–water partition coefficient (Wildman–Crippen LogP) is 6.14. The van der Waals surface area contributed by atoms with E-state index >= 15 is 0 Å². The molecule has 4 rings (SSSR count). The van der Waals surface area contributed by atoms with Crippen molar-refractivity contribution in [1.29, 1.82) is 0 Å². The fourth-order valence-corrected chi connectivity index (χ4v) is 5.08. The lowest BCUT2D eigenvalue weighted by molar-refractivity contribution is -0.274. The van der Waals surface area contributed by atoms with Gasteiger partial charge in [0.25, 0.3) is 0 Å². The minimum absolute atomic E-state index is 0.0924. The number of rotatable bonds is 8. The van der Waals surface area contributed by atoms with Crippen molar-refractivity contribution >= 4 is 22.8 Å². The Morgan fingerprint density at radius 1 is 1.08 bits per heavy atom. The Kier molecular flexibility index (Phi) is 8.01. The molecule has 1 saturated carbocycles. The molecule has 0 saturated heterocycles. The van der Waals surface area contributed by atoms with Crippen molar-refractivity contribution < 1.29 is 42.1 Å². The second-order valence-electron chi connectivity index (χ2n) is 9.60. The van der Waals surface area contributed by atoms with E-state index in [9.17, 15) is 22.8 Å². The number of alkyl halides is 3. The number of methoxy groups -OCH3 is 1. The summed E-state index contributed by atoms with van der Waals surface area (Å²) in [6, 6.07) is 10.9. The van der Waals surface area contributed by atoms with E-state index in [4.69, 9.17) is 14.6 Å². The number of carbonyl (C=O) groups is 2. The summed E-state index contributed by atoms with van der Waals surface area (Å²) < 4.78 is 55.6. The van der Waals surface area contributed by atoms with E-state index in [1.165, 1.54) is 25.1 Å². The van der Waals surface area contributed by atoms with Crippen LogP contribution in [0.1, 0.15) is 54.2 Å². The highest BCUT2D eigenvalue weighted by molar-refractivity contribution is 5.97. The Bertz CT molecular complexity index is 1320. The van der Waals surface area contributed by atoms with Crippen molar-refractivity contribution in [1.82, 2.24) is 4.57 Å². The number of carboxylic acids is 1. The number of ether oxygens (including phenoxy) is 3. The molecule has 2 aromatic carbocycles. The molecular weight excluding hydrogens is 503 g/mol. The average molecular weight is 534 g/mol. The largest absolute Gasteiger partial charge is 0.573 e. The van der Waals surface area contributed by atoms with Crippen LogP contribution in [0.5, 0.6) is 11.5 Å². The van der Waals surface area contributed by atoms with Crippen LogP contribution in [-0.2, 0) is 16.0 Å². The van der Waals surface area contributed by atoms with Gasteiger partial charge in [0, 0.05) is 24.1 Å². The lowest BCUT2D eigenvalue weighted by Gasteiger charge is -2.27. The summed E-state index contributed by atoms with van der Waals surface area (Å²) in [5.74, 6) is -1.44. The smallest absolute Gasteiger partial charge is 0.479 e. The highest BCUT2D eigenvalue weighted by atomic mass is 19.4. The van der Waals surface area contributed by atoms with Crippen LogP contribution in [0.3, 0.4) is 0 Å². The average Bonchev–Trinajstić information content (AvgIpc) is 3.13. The molecule has 0 radical (unpaired) electrons. The van der Waals surface area contributed by atoms with Gasteiger partial charge in [-0.2, -0.15) is 0 Å². The molecule has 3 aromatic rings. The van der Waals surface area contributed by atoms with Crippen molar-refractivity contribution in [2.75, 3.05) is 7.11 Å². The maximum absolute atomic E-state index is 13.7. The summed E-state index contributed by atoms with van der Waals surface area (Å²) in [5.41, 5.74) is 2.57. The minimum Gasteiger partial charge on any atom is -0.479 e. The van der Waals surface area contributed by atoms with Gasteiger partial charge in [-0.3, -0.25) is 9.36 Å². The molecule has 10 heteroatoms. The first kappa shape index (κ1) is 27.5. The number of aliphatic carboxylic acids is 1. The summed E-state index contributed by atoms with van der Waals surface area (Å²) in [5, 5.41) is 9.62. The highest BCUT2D eigenvalue weighted by Crippen LogP contribution is 2.36. The number of nitrogens with zero attached hydrogens (tertiary/aromatic N) is 1. The number of halogens is 3. The van der Waals surface area contributed by atoms with Crippen LogP contribution in [0.2, 0.25) is 0 Å². The Labute approximate surface area is 218 Å². The molecule has 0 spiro atoms. The Morgan fingerprint density at radius 3 is 2.42 bits per heavy atom. The molecule has 1 atom stereocenters. The molecule has 1 aliphatic rings. The second kappa shape index (κ2) is 11.1. The zero-order valence-corrected chi connectivity index (χ0v) is 21.4. The predicted molar refractivity (Wildman–Crippen MR) is 134 cm³/mol. The Morgan fingerprint density at radius 2 is 1.79 bits per heavy atom. The van der Waals surface area contributed by atoms with Gasteiger partial charge in [-0.05, 0) is 87.4 Å². The van der Waals surface area contributed by atoms with Crippen LogP contribution in [-0.4, -0.2) is 47.2 Å². The number of benzene rings is 2. The summed E-state index contributed by atoms with van der Waals surface area (Å²) in [6.07, 6.45) is -2.63. The number of carboxylic acid groups (broad SMARTS) is 1. The van der Waals surface area contributed by atoms with Crippen LogP contribution in [0.4, 0.5) is 13.2 Å². The normalized spacial score (nSPS) is 18.8. The topological polar surface area (TPSA) is 87.0 Å². The Balaban J connectivity index is 1.74. The van der Waals surface area contributed by atoms with Gasteiger partial charge in [-0.1, -0.05) is 12.1 Å². The molecule has 0 bridgehead atoms. The first-order valence-electron chi connectivity index (χ1n) is 12.4. The number of carbonyl (C=O) groups excluding carboxylic acids is 1. The molecule has 1 N–H and O–H groups in total. The third-order valence-corrected chi connectivity index (χ3v) is 7.06. The minimum atomic E-state index is -4.85. The van der Waals surface area contributed by atoms with Crippen molar-refractivity contribution in [2.45, 2.75) is 64.5 Å². The van der Waals surface area contributed by atoms with Crippen molar-refractivity contribution in [3.8, 4) is 11.5 Å². The van der Waals surface area contributed by atoms with E-state index in [0.717, 1.165) is 18.4 Å². The molecule has 1 aliphatic carbocycles. The fraction of sp³-hybridized carbons (Fsp3) is 0.429. The molecule has 204 valence electrons. The van der Waals surface area contributed by atoms with Gasteiger partial charge >= 0.3 is 12.3 Å². The van der Waals surface area contributed by atoms with Crippen molar-refractivity contribution in [3.63, 3.8) is 0 Å². The molecule has 7 nitrogen and oxygen atoms in total. The van der Waals surface area contributed by atoms with E-state index < -0.39 is 18.4 Å². The number of aromatic nitrogens is 1. The monoisotopic (exact) mass is 533 g/mol. The first-order valence-corrected chi connectivity index (χ1v) is 12.4. The van der Waals surface area contributed by atoms with Crippen LogP contribution in [0.15, 0.2) is 42.5 Å². The lowest BCUT2D eigenvalue weighted by atomic mass is 9.86. The highest BCUT2D eigenvalue weighted by Gasteiger charge is 2.33. The maximum atomic E-state index is 13.7. The fourth-order valence-electron chi connectivity index (χ4n) is 5.08. The summed E-state index contributed by atoms with van der Waals surface area (Å²) >= 11 is 0. The third-order valence-electron chi connectivity index (χ3n) is 7.06. The Hall–Kier alpha value is -3.53. The molecule has 1 aromatic heterocycles. The van der Waals surface area contributed by atoms with Crippen LogP contribution < -0.4 is 9.47 Å². The third kappa shape index (κ3) is 6.12. The van der Waals surface area contributed by atoms with Gasteiger partial charge in [0.15, 0.2) is 6.10 Å². The quantitative estimate of drug-likeness (QED) is 0.375. The van der Waals surface area contributed by atoms with E-state index in [0.29, 0.717) is 40.8 Å². The molecular formula is C28H30F3NO6. The zero-order valence-electron chi connectivity index (χ0n) is 21.4. The SMILES string of the molecule is COC1CCC(C(=O)n2c(C)c(Cc3cccc(OC(C)C(=O)O)c3)c3cc(OC(F)(F)F)ccc32)CC1. The molecule has 1 unspecified atom stereocenters. The van der Waals surface area contributed by atoms with E-state index in [1.54, 1.807) is 36.8 Å². The molecule has 0 aliphatic heterocycles.